The highest BCUT2D eigenvalue weighted by Crippen LogP contribution is 2.46. The molecule has 1 aromatic carbocycles. The Morgan fingerprint density at radius 2 is 1.85 bits per heavy atom. The molecular weight excluding hydrogens is 414 g/mol. The van der Waals surface area contributed by atoms with Crippen LogP contribution in [0.1, 0.15) is 63.3 Å². The molecule has 1 aliphatic heterocycles. The van der Waals surface area contributed by atoms with E-state index in [-0.39, 0.29) is 11.5 Å². The molecule has 1 saturated heterocycles. The molecule has 6 nitrogen and oxygen atoms in total. The Bertz CT molecular complexity index is 991. The summed E-state index contributed by atoms with van der Waals surface area (Å²) >= 11 is 0. The number of ether oxygens (including phenoxy) is 2. The molecule has 176 valence electrons. The van der Waals surface area contributed by atoms with E-state index in [1.54, 1.807) is 0 Å². The quantitative estimate of drug-likeness (QED) is 0.643. The van der Waals surface area contributed by atoms with E-state index in [0.717, 1.165) is 42.8 Å². The van der Waals surface area contributed by atoms with E-state index >= 15 is 0 Å². The van der Waals surface area contributed by atoms with Crippen LogP contribution in [0.15, 0.2) is 42.5 Å². The van der Waals surface area contributed by atoms with Gasteiger partial charge in [-0.3, -0.25) is 0 Å². The van der Waals surface area contributed by atoms with E-state index in [0.29, 0.717) is 24.3 Å². The smallest absolute Gasteiger partial charge is 0.408 e. The molecule has 2 aromatic rings. The number of fused-ring (bicyclic) bond motifs is 1. The molecule has 2 unspecified atom stereocenters. The topological polar surface area (TPSA) is 72.5 Å². The van der Waals surface area contributed by atoms with Crippen molar-refractivity contribution in [1.82, 2.24) is 15.6 Å². The third-order valence-electron chi connectivity index (χ3n) is 7.72. The van der Waals surface area contributed by atoms with Crippen molar-refractivity contribution < 1.29 is 14.3 Å². The van der Waals surface area contributed by atoms with E-state index in [4.69, 9.17) is 14.5 Å². The fourth-order valence-electron chi connectivity index (χ4n) is 5.41. The minimum Gasteiger partial charge on any atom is -0.474 e. The zero-order valence-corrected chi connectivity index (χ0v) is 19.9. The SMILES string of the molecule is CC1(c2cc(C(C)(C)OC(=O)NCc3ccccc3)cc(OC3C4CNCC43)n2)CCCC1. The number of alkyl carbamates (subject to hydrolysis) is 1. The molecular formula is C27H35N3O3. The Kier molecular flexibility index (Phi) is 5.81. The Hall–Kier alpha value is -2.60. The largest absolute Gasteiger partial charge is 0.474 e. The molecule has 5 rings (SSSR count). The van der Waals surface area contributed by atoms with Crippen LogP contribution in [-0.4, -0.2) is 30.3 Å². The molecule has 2 saturated carbocycles. The predicted molar refractivity (Wildman–Crippen MR) is 127 cm³/mol. The molecule has 1 aromatic heterocycles. The summed E-state index contributed by atoms with van der Waals surface area (Å²) in [6, 6.07) is 13.9. The van der Waals surface area contributed by atoms with Gasteiger partial charge >= 0.3 is 6.09 Å². The molecule has 1 amide bonds. The number of benzene rings is 1. The number of pyridine rings is 1. The summed E-state index contributed by atoms with van der Waals surface area (Å²) in [7, 11) is 0. The van der Waals surface area contributed by atoms with Gasteiger partial charge in [-0.25, -0.2) is 9.78 Å². The molecule has 33 heavy (non-hydrogen) atoms. The monoisotopic (exact) mass is 449 g/mol. The lowest BCUT2D eigenvalue weighted by atomic mass is 9.83. The third-order valence-corrected chi connectivity index (χ3v) is 7.72. The highest BCUT2D eigenvalue weighted by molar-refractivity contribution is 5.68. The second-order valence-electron chi connectivity index (χ2n) is 10.7. The summed E-state index contributed by atoms with van der Waals surface area (Å²) in [5.41, 5.74) is 2.24. The Balaban J connectivity index is 1.34. The van der Waals surface area contributed by atoms with E-state index in [9.17, 15) is 4.79 Å². The van der Waals surface area contributed by atoms with Gasteiger partial charge in [-0.15, -0.1) is 0 Å². The first kappa shape index (κ1) is 22.2. The lowest BCUT2D eigenvalue weighted by Crippen LogP contribution is -2.33. The van der Waals surface area contributed by atoms with Crippen molar-refractivity contribution in [1.29, 1.82) is 0 Å². The molecule has 0 radical (unpaired) electrons. The van der Waals surface area contributed by atoms with Gasteiger partial charge in [0, 0.05) is 48.5 Å². The highest BCUT2D eigenvalue weighted by Gasteiger charge is 2.55. The second-order valence-corrected chi connectivity index (χ2v) is 10.7. The summed E-state index contributed by atoms with van der Waals surface area (Å²) in [5, 5.41) is 6.29. The molecule has 0 spiro atoms. The molecule has 2 N–H and O–H groups in total. The minimum absolute atomic E-state index is 0.0424. The molecule has 2 atom stereocenters. The first-order valence-electron chi connectivity index (χ1n) is 12.3. The van der Waals surface area contributed by atoms with Crippen LogP contribution in [0, 0.1) is 11.8 Å². The normalized spacial score (nSPS) is 25.4. The van der Waals surface area contributed by atoms with E-state index < -0.39 is 11.7 Å². The van der Waals surface area contributed by atoms with Crippen molar-refractivity contribution in [3.05, 3.63) is 59.3 Å². The number of rotatable bonds is 7. The van der Waals surface area contributed by atoms with Crippen molar-refractivity contribution in [3.63, 3.8) is 0 Å². The van der Waals surface area contributed by atoms with Crippen LogP contribution in [0.4, 0.5) is 4.79 Å². The molecule has 2 heterocycles. The van der Waals surface area contributed by atoms with Crippen LogP contribution in [0.5, 0.6) is 5.88 Å². The van der Waals surface area contributed by atoms with Crippen LogP contribution >= 0.6 is 0 Å². The Labute approximate surface area is 196 Å². The van der Waals surface area contributed by atoms with Gasteiger partial charge in [0.2, 0.25) is 5.88 Å². The third kappa shape index (κ3) is 4.72. The van der Waals surface area contributed by atoms with Crippen molar-refractivity contribution in [3.8, 4) is 5.88 Å². The van der Waals surface area contributed by atoms with E-state index in [2.05, 4.69) is 23.6 Å². The Morgan fingerprint density at radius 3 is 2.55 bits per heavy atom. The maximum atomic E-state index is 12.6. The standard InChI is InChI=1S/C27H35N3O3/c1-26(2,33-25(31)29-15-18-9-5-4-6-10-18)19-13-22(27(3)11-7-8-12-27)30-23(14-19)32-24-20-16-28-17-21(20)24/h4-6,9-10,13-14,20-21,24,28H,7-8,11-12,15-17H2,1-3H3,(H,29,31). The lowest BCUT2D eigenvalue weighted by molar-refractivity contribution is 0.0356. The number of hydrogen-bond donors (Lipinski definition) is 2. The summed E-state index contributed by atoms with van der Waals surface area (Å²) in [5.74, 6) is 1.85. The summed E-state index contributed by atoms with van der Waals surface area (Å²) in [6.07, 6.45) is 4.51. The van der Waals surface area contributed by atoms with E-state index in [1.807, 2.05) is 50.2 Å². The van der Waals surface area contributed by atoms with E-state index in [1.165, 1.54) is 12.8 Å². The first-order chi connectivity index (χ1) is 15.8. The number of nitrogens with one attached hydrogen (secondary N) is 2. The van der Waals surface area contributed by atoms with Gasteiger partial charge < -0.3 is 20.1 Å². The van der Waals surface area contributed by atoms with Crippen molar-refractivity contribution in [2.24, 2.45) is 11.8 Å². The number of carbonyl (C=O) groups excluding carboxylic acids is 1. The predicted octanol–water partition coefficient (Wildman–Crippen LogP) is 4.67. The Morgan fingerprint density at radius 1 is 1.15 bits per heavy atom. The van der Waals surface area contributed by atoms with Gasteiger partial charge in [0.1, 0.15) is 11.7 Å². The van der Waals surface area contributed by atoms with Gasteiger partial charge in [-0.05, 0) is 38.3 Å². The molecule has 3 fully saturated rings. The first-order valence-corrected chi connectivity index (χ1v) is 12.3. The maximum absolute atomic E-state index is 12.6. The van der Waals surface area contributed by atoms with Crippen LogP contribution in [0.2, 0.25) is 0 Å². The highest BCUT2D eigenvalue weighted by atomic mass is 16.6. The van der Waals surface area contributed by atoms with Crippen LogP contribution in [0.25, 0.3) is 0 Å². The summed E-state index contributed by atoms with van der Waals surface area (Å²) in [4.78, 5) is 17.6. The minimum atomic E-state index is -0.813. The van der Waals surface area contributed by atoms with Gasteiger partial charge in [0.15, 0.2) is 0 Å². The fraction of sp³-hybridized carbons (Fsp3) is 0.556. The van der Waals surface area contributed by atoms with Crippen LogP contribution < -0.4 is 15.4 Å². The average molecular weight is 450 g/mol. The molecule has 6 heteroatoms. The van der Waals surface area contributed by atoms with Crippen molar-refractivity contribution >= 4 is 6.09 Å². The van der Waals surface area contributed by atoms with Crippen LogP contribution in [0.3, 0.4) is 0 Å². The fourth-order valence-corrected chi connectivity index (χ4v) is 5.41. The summed E-state index contributed by atoms with van der Waals surface area (Å²) < 4.78 is 12.3. The van der Waals surface area contributed by atoms with Gasteiger partial charge in [-0.1, -0.05) is 50.1 Å². The maximum Gasteiger partial charge on any atom is 0.408 e. The van der Waals surface area contributed by atoms with Gasteiger partial charge in [-0.2, -0.15) is 0 Å². The number of piperidine rings is 1. The average Bonchev–Trinajstić information content (AvgIpc) is 3.17. The zero-order chi connectivity index (χ0) is 23.1. The zero-order valence-electron chi connectivity index (χ0n) is 19.9. The van der Waals surface area contributed by atoms with Crippen molar-refractivity contribution in [2.75, 3.05) is 13.1 Å². The number of carbonyl (C=O) groups is 1. The molecule has 2 aliphatic carbocycles. The number of nitrogens with zero attached hydrogens (tertiary/aromatic N) is 1. The molecule has 0 bridgehead atoms. The van der Waals surface area contributed by atoms with Gasteiger partial charge in [0.25, 0.3) is 0 Å². The van der Waals surface area contributed by atoms with Crippen molar-refractivity contribution in [2.45, 2.75) is 70.1 Å². The number of hydrogen-bond acceptors (Lipinski definition) is 5. The number of aromatic nitrogens is 1. The molecule has 3 aliphatic rings. The lowest BCUT2D eigenvalue weighted by Gasteiger charge is -2.29. The van der Waals surface area contributed by atoms with Crippen LogP contribution in [-0.2, 0) is 22.3 Å². The van der Waals surface area contributed by atoms with Gasteiger partial charge in [0.05, 0.1) is 5.69 Å². The number of amides is 1. The summed E-state index contributed by atoms with van der Waals surface area (Å²) in [6.45, 7) is 8.65. The second kappa shape index (κ2) is 8.64.